The van der Waals surface area contributed by atoms with Gasteiger partial charge in [0.05, 0.1) is 11.2 Å². The van der Waals surface area contributed by atoms with Crippen LogP contribution in [0.25, 0.3) is 6.08 Å². The van der Waals surface area contributed by atoms with E-state index in [2.05, 4.69) is 5.32 Å². The molecule has 0 saturated carbocycles. The summed E-state index contributed by atoms with van der Waals surface area (Å²) >= 11 is 6.10. The number of alkyl carbamates (subject to hydrolysis) is 1. The van der Waals surface area contributed by atoms with Gasteiger partial charge < -0.3 is 19.4 Å². The van der Waals surface area contributed by atoms with Crippen LogP contribution in [0.5, 0.6) is 0 Å². The highest BCUT2D eigenvalue weighted by molar-refractivity contribution is 6.56. The van der Waals surface area contributed by atoms with Gasteiger partial charge in [-0.25, -0.2) is 4.79 Å². The second-order valence-electron chi connectivity index (χ2n) is 8.72. The Morgan fingerprint density at radius 3 is 2.35 bits per heavy atom. The third kappa shape index (κ3) is 5.91. The van der Waals surface area contributed by atoms with Crippen molar-refractivity contribution >= 4 is 30.9 Å². The molecule has 2 aromatic rings. The maximum absolute atomic E-state index is 12.3. The molecule has 0 atom stereocenters. The van der Waals surface area contributed by atoms with E-state index in [9.17, 15) is 4.79 Å². The average Bonchev–Trinajstić information content (AvgIpc) is 2.93. The molecule has 5 nitrogen and oxygen atoms in total. The quantitative estimate of drug-likeness (QED) is 0.594. The number of carbonyl (C=O) groups excluding carboxylic acids is 1. The van der Waals surface area contributed by atoms with Crippen molar-refractivity contribution in [3.8, 4) is 0 Å². The van der Waals surface area contributed by atoms with Crippen molar-refractivity contribution in [2.45, 2.75) is 52.4 Å². The number of hydrogen-bond donors (Lipinski definition) is 1. The van der Waals surface area contributed by atoms with Gasteiger partial charge in [0.15, 0.2) is 0 Å². The number of rotatable bonds is 6. The highest BCUT2D eigenvalue weighted by Crippen LogP contribution is 2.38. The Balaban J connectivity index is 1.74. The Morgan fingerprint density at radius 1 is 1.10 bits per heavy atom. The molecule has 1 saturated heterocycles. The fraction of sp³-hybridized carbons (Fsp3) is 0.375. The first-order valence-corrected chi connectivity index (χ1v) is 10.7. The lowest BCUT2D eigenvalue weighted by Crippen LogP contribution is -2.41. The summed E-state index contributed by atoms with van der Waals surface area (Å²) in [5.74, 6) is 0. The molecule has 1 N–H and O–H groups in total. The predicted octanol–water partition coefficient (Wildman–Crippen LogP) is 5.59. The summed E-state index contributed by atoms with van der Waals surface area (Å²) in [6, 6.07) is 15.2. The normalized spacial score (nSPS) is 17.5. The molecule has 0 unspecified atom stereocenters. The Bertz CT molecular complexity index is 943. The largest absolute Gasteiger partial charge is 0.492 e. The molecular formula is C24H29BClNO4. The summed E-state index contributed by atoms with van der Waals surface area (Å²) in [7, 11) is -0.588. The van der Waals surface area contributed by atoms with Gasteiger partial charge in [-0.2, -0.15) is 0 Å². The Morgan fingerprint density at radius 2 is 1.74 bits per heavy atom. The van der Waals surface area contributed by atoms with Crippen molar-refractivity contribution in [3.05, 3.63) is 75.7 Å². The number of amides is 1. The number of ether oxygens (including phenoxy) is 1. The van der Waals surface area contributed by atoms with Gasteiger partial charge in [0.2, 0.25) is 0 Å². The van der Waals surface area contributed by atoms with Gasteiger partial charge in [-0.15, -0.1) is 0 Å². The van der Waals surface area contributed by atoms with Crippen molar-refractivity contribution < 1.29 is 18.8 Å². The SMILES string of the molecule is Cc1cc(Cl)ccc1C=C(CNC(=O)OCc1ccccc1)B1OC(C)(C)C(C)(C)O1. The van der Waals surface area contributed by atoms with Crippen LogP contribution in [-0.4, -0.2) is 31.0 Å². The number of aryl methyl sites for hydroxylation is 1. The van der Waals surface area contributed by atoms with E-state index in [1.54, 1.807) is 0 Å². The molecule has 0 bridgehead atoms. The van der Waals surface area contributed by atoms with Crippen LogP contribution in [0.2, 0.25) is 5.02 Å². The molecule has 1 amide bonds. The molecule has 7 heteroatoms. The van der Waals surface area contributed by atoms with E-state index in [0.717, 1.165) is 22.2 Å². The smallest absolute Gasteiger partial charge is 0.445 e. The predicted molar refractivity (Wildman–Crippen MR) is 125 cm³/mol. The Kier molecular flexibility index (Phi) is 7.15. The van der Waals surface area contributed by atoms with Crippen molar-refractivity contribution in [3.63, 3.8) is 0 Å². The van der Waals surface area contributed by atoms with Gasteiger partial charge in [0, 0.05) is 11.6 Å². The van der Waals surface area contributed by atoms with Crippen LogP contribution in [0.15, 0.2) is 54.0 Å². The van der Waals surface area contributed by atoms with Gasteiger partial charge >= 0.3 is 13.2 Å². The summed E-state index contributed by atoms with van der Waals surface area (Å²) in [5.41, 5.74) is 2.75. The minimum absolute atomic E-state index is 0.207. The number of benzene rings is 2. The van der Waals surface area contributed by atoms with Gasteiger partial charge in [-0.05, 0) is 68.9 Å². The topological polar surface area (TPSA) is 56.8 Å². The molecule has 0 aliphatic carbocycles. The number of carbonyl (C=O) groups is 1. The van der Waals surface area contributed by atoms with E-state index in [1.807, 2.05) is 89.2 Å². The molecule has 1 heterocycles. The van der Waals surface area contributed by atoms with Crippen LogP contribution in [0.4, 0.5) is 4.79 Å². The molecule has 1 fully saturated rings. The molecule has 164 valence electrons. The lowest BCUT2D eigenvalue weighted by atomic mass is 9.76. The Labute approximate surface area is 189 Å². The third-order valence-electron chi connectivity index (χ3n) is 5.78. The van der Waals surface area contributed by atoms with Crippen LogP contribution in [0.3, 0.4) is 0 Å². The van der Waals surface area contributed by atoms with Crippen LogP contribution in [0.1, 0.15) is 44.4 Å². The van der Waals surface area contributed by atoms with Crippen molar-refractivity contribution in [1.82, 2.24) is 5.32 Å². The van der Waals surface area contributed by atoms with E-state index in [1.165, 1.54) is 0 Å². The summed E-state index contributed by atoms with van der Waals surface area (Å²) < 4.78 is 17.8. The minimum Gasteiger partial charge on any atom is -0.445 e. The van der Waals surface area contributed by atoms with Crippen LogP contribution >= 0.6 is 11.6 Å². The second kappa shape index (κ2) is 9.47. The maximum atomic E-state index is 12.3. The van der Waals surface area contributed by atoms with Crippen LogP contribution in [0, 0.1) is 6.92 Å². The van der Waals surface area contributed by atoms with Gasteiger partial charge in [0.25, 0.3) is 0 Å². The minimum atomic E-state index is -0.588. The van der Waals surface area contributed by atoms with E-state index >= 15 is 0 Å². The third-order valence-corrected chi connectivity index (χ3v) is 6.01. The van der Waals surface area contributed by atoms with Gasteiger partial charge in [0.1, 0.15) is 6.61 Å². The zero-order chi connectivity index (χ0) is 22.6. The molecule has 1 aliphatic rings. The fourth-order valence-electron chi connectivity index (χ4n) is 3.15. The molecule has 31 heavy (non-hydrogen) atoms. The molecule has 1 aliphatic heterocycles. The molecule has 2 aromatic carbocycles. The molecular weight excluding hydrogens is 413 g/mol. The highest BCUT2D eigenvalue weighted by Gasteiger charge is 2.52. The van der Waals surface area contributed by atoms with Crippen molar-refractivity contribution in [1.29, 1.82) is 0 Å². The van der Waals surface area contributed by atoms with E-state index < -0.39 is 24.4 Å². The lowest BCUT2D eigenvalue weighted by Gasteiger charge is -2.32. The number of halogens is 1. The molecule has 0 aromatic heterocycles. The summed E-state index contributed by atoms with van der Waals surface area (Å²) in [6.45, 7) is 10.4. The highest BCUT2D eigenvalue weighted by atomic mass is 35.5. The van der Waals surface area contributed by atoms with E-state index in [4.69, 9.17) is 25.6 Å². The van der Waals surface area contributed by atoms with Crippen molar-refractivity contribution in [2.24, 2.45) is 0 Å². The summed E-state index contributed by atoms with van der Waals surface area (Å²) in [6.07, 6.45) is 1.48. The van der Waals surface area contributed by atoms with Crippen LogP contribution in [-0.2, 0) is 20.7 Å². The zero-order valence-corrected chi connectivity index (χ0v) is 19.5. The van der Waals surface area contributed by atoms with E-state index in [0.29, 0.717) is 5.02 Å². The second-order valence-corrected chi connectivity index (χ2v) is 9.16. The van der Waals surface area contributed by atoms with E-state index in [-0.39, 0.29) is 13.2 Å². The van der Waals surface area contributed by atoms with Gasteiger partial charge in [-0.1, -0.05) is 54.1 Å². The summed E-state index contributed by atoms with van der Waals surface area (Å²) in [4.78, 5) is 12.3. The molecule has 0 radical (unpaired) electrons. The van der Waals surface area contributed by atoms with Gasteiger partial charge in [-0.3, -0.25) is 0 Å². The first-order chi connectivity index (χ1) is 14.6. The Hall–Kier alpha value is -2.28. The van der Waals surface area contributed by atoms with Crippen LogP contribution < -0.4 is 5.32 Å². The summed E-state index contributed by atoms with van der Waals surface area (Å²) in [5, 5.41) is 3.50. The molecule has 0 spiro atoms. The first-order valence-electron chi connectivity index (χ1n) is 10.3. The monoisotopic (exact) mass is 441 g/mol. The molecule has 3 rings (SSSR count). The maximum Gasteiger partial charge on any atom is 0.492 e. The first kappa shape index (κ1) is 23.4. The average molecular weight is 442 g/mol. The number of hydrogen-bond acceptors (Lipinski definition) is 4. The lowest BCUT2D eigenvalue weighted by molar-refractivity contribution is 0.00578. The number of nitrogens with one attached hydrogen (secondary N) is 1. The standard InChI is InChI=1S/C24H29BClNO4/c1-17-13-21(26)12-11-19(17)14-20(25-30-23(2,3)24(4,5)31-25)15-27-22(28)29-16-18-9-7-6-8-10-18/h6-14H,15-16H2,1-5H3,(H,27,28). The van der Waals surface area contributed by atoms with Crippen molar-refractivity contribution in [2.75, 3.05) is 6.54 Å². The fourth-order valence-corrected chi connectivity index (χ4v) is 3.37. The zero-order valence-electron chi connectivity index (χ0n) is 18.7.